The lowest BCUT2D eigenvalue weighted by atomic mass is 9.55. The predicted octanol–water partition coefficient (Wildman–Crippen LogP) is 4.45. The lowest BCUT2D eigenvalue weighted by Crippen LogP contribution is -2.50. The van der Waals surface area contributed by atoms with Gasteiger partial charge in [-0.05, 0) is 60.8 Å². The number of hydrogen-bond acceptors (Lipinski definition) is 4. The number of benzene rings is 1. The van der Waals surface area contributed by atoms with Gasteiger partial charge in [-0.3, -0.25) is 4.79 Å². The molecule has 1 aromatic heterocycles. The molecule has 3 aliphatic carbocycles. The Hall–Kier alpha value is -3.01. The van der Waals surface area contributed by atoms with E-state index in [1.807, 2.05) is 6.07 Å². The second kappa shape index (κ2) is 8.50. The van der Waals surface area contributed by atoms with Crippen molar-refractivity contribution in [2.24, 2.45) is 23.7 Å². The van der Waals surface area contributed by atoms with E-state index < -0.39 is 12.2 Å². The van der Waals surface area contributed by atoms with E-state index in [0.717, 1.165) is 12.8 Å². The largest absolute Gasteiger partial charge is 0.477 e. The van der Waals surface area contributed by atoms with Crippen molar-refractivity contribution in [1.82, 2.24) is 9.88 Å². The van der Waals surface area contributed by atoms with E-state index in [1.165, 1.54) is 18.3 Å². The molecule has 4 aliphatic rings. The van der Waals surface area contributed by atoms with Gasteiger partial charge in [-0.1, -0.05) is 12.1 Å². The van der Waals surface area contributed by atoms with Crippen LogP contribution in [0.5, 0.6) is 5.88 Å². The molecule has 0 N–H and O–H groups in total. The maximum absolute atomic E-state index is 14.3. The summed E-state index contributed by atoms with van der Waals surface area (Å²) < 4.78 is 34.0. The molecule has 6 rings (SSSR count). The van der Waals surface area contributed by atoms with Gasteiger partial charge in [0.15, 0.2) is 0 Å². The average Bonchev–Trinajstić information content (AvgIpc) is 3.18. The van der Waals surface area contributed by atoms with Crippen LogP contribution in [0.15, 0.2) is 42.6 Å². The smallest absolute Gasteiger partial charge is 0.226 e. The van der Waals surface area contributed by atoms with Crippen LogP contribution in [0.4, 0.5) is 8.78 Å². The van der Waals surface area contributed by atoms with E-state index in [0.29, 0.717) is 41.9 Å². The summed E-state index contributed by atoms with van der Waals surface area (Å²) in [4.78, 5) is 19.3. The number of ether oxygens (including phenoxy) is 1. The number of pyridine rings is 1. The molecular formula is C25H25F2N3O2. The fourth-order valence-corrected chi connectivity index (χ4v) is 5.64. The van der Waals surface area contributed by atoms with Crippen LogP contribution in [-0.2, 0) is 4.79 Å². The lowest BCUT2D eigenvalue weighted by molar-refractivity contribution is -0.147. The molecule has 4 atom stereocenters. The minimum Gasteiger partial charge on any atom is -0.477 e. The van der Waals surface area contributed by atoms with Gasteiger partial charge in [-0.25, -0.2) is 13.8 Å². The summed E-state index contributed by atoms with van der Waals surface area (Å²) in [6.07, 6.45) is 3.30. The second-order valence-corrected chi connectivity index (χ2v) is 9.30. The molecule has 2 aromatic rings. The summed E-state index contributed by atoms with van der Waals surface area (Å²) >= 11 is 0. The highest BCUT2D eigenvalue weighted by molar-refractivity contribution is 5.80. The topological polar surface area (TPSA) is 66.2 Å². The number of carbonyl (C=O) groups is 1. The van der Waals surface area contributed by atoms with Crippen molar-refractivity contribution in [3.05, 3.63) is 59.5 Å². The summed E-state index contributed by atoms with van der Waals surface area (Å²) in [6.45, 7) is 0.544. The van der Waals surface area contributed by atoms with Crippen molar-refractivity contribution in [2.45, 2.75) is 37.9 Å². The molecule has 32 heavy (non-hydrogen) atoms. The average molecular weight is 437 g/mol. The summed E-state index contributed by atoms with van der Waals surface area (Å²) in [5.41, 5.74) is 1.14. The summed E-state index contributed by atoms with van der Waals surface area (Å²) in [7, 11) is 0. The molecule has 5 nitrogen and oxygen atoms in total. The Kier molecular flexibility index (Phi) is 5.54. The van der Waals surface area contributed by atoms with Gasteiger partial charge in [-0.15, -0.1) is 0 Å². The molecule has 0 spiro atoms. The van der Waals surface area contributed by atoms with Crippen LogP contribution < -0.4 is 4.74 Å². The number of aromatic nitrogens is 1. The van der Waals surface area contributed by atoms with Gasteiger partial charge >= 0.3 is 0 Å². The van der Waals surface area contributed by atoms with Crippen LogP contribution >= 0.6 is 0 Å². The molecule has 7 heteroatoms. The van der Waals surface area contributed by atoms with Gasteiger partial charge in [0, 0.05) is 24.6 Å². The van der Waals surface area contributed by atoms with E-state index in [-0.39, 0.29) is 36.5 Å². The SMILES string of the molecule is N#Cc1ccc(OC[C@@H]2C[C@H](C(=O)N3CC(F)CC3c3cccc(F)c3)C3CC2C3)nc1. The van der Waals surface area contributed by atoms with E-state index in [4.69, 9.17) is 10.00 Å². The zero-order chi connectivity index (χ0) is 22.2. The van der Waals surface area contributed by atoms with Gasteiger partial charge in [0.05, 0.1) is 24.8 Å². The second-order valence-electron chi connectivity index (χ2n) is 9.30. The quantitative estimate of drug-likeness (QED) is 0.693. The van der Waals surface area contributed by atoms with Crippen molar-refractivity contribution >= 4 is 5.91 Å². The summed E-state index contributed by atoms with van der Waals surface area (Å²) in [6, 6.07) is 11.1. The number of halogens is 2. The lowest BCUT2D eigenvalue weighted by Gasteiger charge is -2.51. The van der Waals surface area contributed by atoms with Crippen molar-refractivity contribution in [1.29, 1.82) is 5.26 Å². The highest BCUT2D eigenvalue weighted by Crippen LogP contribution is 2.53. The zero-order valence-corrected chi connectivity index (χ0v) is 17.7. The van der Waals surface area contributed by atoms with E-state index in [1.54, 1.807) is 29.2 Å². The van der Waals surface area contributed by atoms with Crippen LogP contribution in [-0.4, -0.2) is 35.1 Å². The van der Waals surface area contributed by atoms with Gasteiger partial charge in [0.25, 0.3) is 0 Å². The van der Waals surface area contributed by atoms with Gasteiger partial charge in [-0.2, -0.15) is 5.26 Å². The molecule has 1 aromatic carbocycles. The predicted molar refractivity (Wildman–Crippen MR) is 113 cm³/mol. The number of alkyl halides is 1. The van der Waals surface area contributed by atoms with Crippen molar-refractivity contribution in [3.63, 3.8) is 0 Å². The van der Waals surface area contributed by atoms with Crippen molar-refractivity contribution in [2.75, 3.05) is 13.2 Å². The molecule has 1 amide bonds. The van der Waals surface area contributed by atoms with Crippen LogP contribution in [0.3, 0.4) is 0 Å². The number of amides is 1. The van der Waals surface area contributed by atoms with E-state index >= 15 is 0 Å². The molecule has 2 heterocycles. The molecule has 1 saturated heterocycles. The standard InChI is InChI=1S/C25H25F2N3O2/c26-20-3-1-2-16(8-20)23-10-21(27)13-30(23)25(31)22-9-19(17-6-18(22)7-17)14-32-24-5-4-15(11-28)12-29-24/h1-5,8,12,17-19,21-23H,6-7,9-10,13-14H2/t17?,18?,19-,21?,22-,23?/m0/s1. The fraction of sp³-hybridized carbons (Fsp3) is 0.480. The van der Waals surface area contributed by atoms with E-state index in [9.17, 15) is 13.6 Å². The Labute approximate surface area is 186 Å². The first-order valence-electron chi connectivity index (χ1n) is 11.2. The number of fused-ring (bicyclic) bond motifs is 2. The molecule has 2 bridgehead atoms. The third kappa shape index (κ3) is 3.94. The Morgan fingerprint density at radius 3 is 2.75 bits per heavy atom. The van der Waals surface area contributed by atoms with Gasteiger partial charge < -0.3 is 9.64 Å². The Morgan fingerprint density at radius 1 is 1.19 bits per heavy atom. The maximum Gasteiger partial charge on any atom is 0.226 e. The van der Waals surface area contributed by atoms with Gasteiger partial charge in [0.1, 0.15) is 18.1 Å². The minimum absolute atomic E-state index is 0.0101. The molecule has 166 valence electrons. The number of rotatable bonds is 5. The first kappa shape index (κ1) is 20.9. The number of nitrogens with zero attached hydrogens (tertiary/aromatic N) is 3. The van der Waals surface area contributed by atoms with Crippen LogP contribution in [0, 0.1) is 40.8 Å². The third-order valence-corrected chi connectivity index (χ3v) is 7.40. The molecule has 3 saturated carbocycles. The Balaban J connectivity index is 1.26. The molecule has 0 radical (unpaired) electrons. The number of likely N-dealkylation sites (tertiary alicyclic amines) is 1. The van der Waals surface area contributed by atoms with E-state index in [2.05, 4.69) is 4.98 Å². The molecule has 4 fully saturated rings. The van der Waals surface area contributed by atoms with Crippen LogP contribution in [0.1, 0.15) is 42.9 Å². The highest BCUT2D eigenvalue weighted by atomic mass is 19.1. The monoisotopic (exact) mass is 437 g/mol. The zero-order valence-electron chi connectivity index (χ0n) is 17.7. The van der Waals surface area contributed by atoms with Gasteiger partial charge in [0.2, 0.25) is 11.8 Å². The van der Waals surface area contributed by atoms with Crippen molar-refractivity contribution in [3.8, 4) is 11.9 Å². The van der Waals surface area contributed by atoms with Crippen molar-refractivity contribution < 1.29 is 18.3 Å². The molecule has 1 aliphatic heterocycles. The summed E-state index contributed by atoms with van der Waals surface area (Å²) in [5, 5.41) is 8.89. The number of nitriles is 1. The highest BCUT2D eigenvalue weighted by Gasteiger charge is 2.51. The minimum atomic E-state index is -1.09. The number of hydrogen-bond donors (Lipinski definition) is 0. The van der Waals surface area contributed by atoms with Crippen LogP contribution in [0.25, 0.3) is 0 Å². The third-order valence-electron chi connectivity index (χ3n) is 7.40. The number of carbonyl (C=O) groups excluding carboxylic acids is 1. The Morgan fingerprint density at radius 2 is 2.03 bits per heavy atom. The maximum atomic E-state index is 14.3. The molecular weight excluding hydrogens is 412 g/mol. The Bertz CT molecular complexity index is 1030. The fourth-order valence-electron chi connectivity index (χ4n) is 5.64. The summed E-state index contributed by atoms with van der Waals surface area (Å²) in [5.74, 6) is 1.05. The first-order valence-corrected chi connectivity index (χ1v) is 11.2. The molecule has 2 unspecified atom stereocenters. The first-order chi connectivity index (χ1) is 15.5. The van der Waals surface area contributed by atoms with Crippen LogP contribution in [0.2, 0.25) is 0 Å². The normalized spacial score (nSPS) is 31.0.